The van der Waals surface area contributed by atoms with E-state index in [0.717, 1.165) is 52.2 Å². The number of nitrogens with zero attached hydrogens (tertiary/aromatic N) is 4. The molecule has 0 spiro atoms. The zero-order valence-corrected chi connectivity index (χ0v) is 18.2. The van der Waals surface area contributed by atoms with Crippen LogP contribution in [-0.2, 0) is 17.7 Å². The number of pyridine rings is 1. The summed E-state index contributed by atoms with van der Waals surface area (Å²) >= 11 is 0. The van der Waals surface area contributed by atoms with Crippen molar-refractivity contribution >= 4 is 16.8 Å². The first-order valence-corrected chi connectivity index (χ1v) is 11.3. The molecule has 0 saturated carbocycles. The van der Waals surface area contributed by atoms with Crippen molar-refractivity contribution in [1.29, 1.82) is 0 Å². The van der Waals surface area contributed by atoms with Gasteiger partial charge in [-0.2, -0.15) is 5.10 Å². The SMILES string of the molecule is O=C1c2cccc(-n3cccn3)c2CN1CCc1nc2ccccc2cc1OC1CCOC1. The van der Waals surface area contributed by atoms with Gasteiger partial charge in [-0.3, -0.25) is 4.79 Å². The highest BCUT2D eigenvalue weighted by Crippen LogP contribution is 2.30. The predicted octanol–water partition coefficient (Wildman–Crippen LogP) is 3.79. The van der Waals surface area contributed by atoms with Crippen molar-refractivity contribution in [3.63, 3.8) is 0 Å². The van der Waals surface area contributed by atoms with Crippen molar-refractivity contribution < 1.29 is 14.3 Å². The van der Waals surface area contributed by atoms with Crippen molar-refractivity contribution in [3.8, 4) is 11.4 Å². The second kappa shape index (κ2) is 8.33. The molecule has 2 aliphatic heterocycles. The maximum absolute atomic E-state index is 13.1. The van der Waals surface area contributed by atoms with Crippen molar-refractivity contribution in [2.75, 3.05) is 19.8 Å². The van der Waals surface area contributed by atoms with Crippen LogP contribution in [0.5, 0.6) is 5.75 Å². The van der Waals surface area contributed by atoms with Gasteiger partial charge in [0, 0.05) is 54.8 Å². The standard InChI is InChI=1S/C26H24N4O3/c31-26-20-6-3-8-24(30-12-4-11-27-30)21(20)16-29(26)13-9-23-25(33-19-10-14-32-17-19)15-18-5-1-2-7-22(18)28-23/h1-8,11-12,15,19H,9-10,13-14,16-17H2. The monoisotopic (exact) mass is 440 g/mol. The second-order valence-electron chi connectivity index (χ2n) is 8.46. The number of hydrogen-bond acceptors (Lipinski definition) is 5. The molecule has 1 fully saturated rings. The highest BCUT2D eigenvalue weighted by atomic mass is 16.5. The molecule has 2 aliphatic rings. The number of benzene rings is 2. The fourth-order valence-corrected chi connectivity index (χ4v) is 4.62. The van der Waals surface area contributed by atoms with Crippen LogP contribution in [0.15, 0.2) is 67.0 Å². The van der Waals surface area contributed by atoms with E-state index in [1.54, 1.807) is 6.20 Å². The molecular weight excluding hydrogens is 416 g/mol. The van der Waals surface area contributed by atoms with Crippen LogP contribution in [-0.4, -0.2) is 51.4 Å². The van der Waals surface area contributed by atoms with Crippen molar-refractivity contribution in [1.82, 2.24) is 19.7 Å². The molecule has 7 nitrogen and oxygen atoms in total. The Bertz CT molecular complexity index is 1310. The maximum atomic E-state index is 13.1. The largest absolute Gasteiger partial charge is 0.486 e. The van der Waals surface area contributed by atoms with E-state index in [0.29, 0.717) is 26.1 Å². The number of para-hydroxylation sites is 1. The topological polar surface area (TPSA) is 69.5 Å². The van der Waals surface area contributed by atoms with Gasteiger partial charge in [-0.1, -0.05) is 24.3 Å². The van der Waals surface area contributed by atoms with Gasteiger partial charge >= 0.3 is 0 Å². The summed E-state index contributed by atoms with van der Waals surface area (Å²) in [7, 11) is 0. The van der Waals surface area contributed by atoms with Gasteiger partial charge in [0.15, 0.2) is 0 Å². The Hall–Kier alpha value is -3.71. The Morgan fingerprint density at radius 2 is 2.06 bits per heavy atom. The normalized spacial score (nSPS) is 17.6. The van der Waals surface area contributed by atoms with Gasteiger partial charge in [0.25, 0.3) is 5.91 Å². The third kappa shape index (κ3) is 3.74. The highest BCUT2D eigenvalue weighted by Gasteiger charge is 2.30. The number of carbonyl (C=O) groups excluding carboxylic acids is 1. The zero-order chi connectivity index (χ0) is 22.2. The molecule has 166 valence electrons. The summed E-state index contributed by atoms with van der Waals surface area (Å²) in [5.74, 6) is 0.831. The average molecular weight is 441 g/mol. The lowest BCUT2D eigenvalue weighted by Gasteiger charge is -2.19. The summed E-state index contributed by atoms with van der Waals surface area (Å²) in [5.41, 5.74) is 4.50. The lowest BCUT2D eigenvalue weighted by molar-refractivity contribution is 0.0779. The first-order valence-electron chi connectivity index (χ1n) is 11.3. The number of carbonyl (C=O) groups is 1. The summed E-state index contributed by atoms with van der Waals surface area (Å²) in [6, 6.07) is 17.8. The van der Waals surface area contributed by atoms with Gasteiger partial charge in [-0.25, -0.2) is 9.67 Å². The minimum Gasteiger partial charge on any atom is -0.486 e. The summed E-state index contributed by atoms with van der Waals surface area (Å²) in [6.45, 7) is 2.45. The van der Waals surface area contributed by atoms with E-state index in [-0.39, 0.29) is 12.0 Å². The Kier molecular flexibility index (Phi) is 5.03. The lowest BCUT2D eigenvalue weighted by atomic mass is 10.1. The third-order valence-corrected chi connectivity index (χ3v) is 6.33. The Morgan fingerprint density at radius 1 is 1.12 bits per heavy atom. The number of ether oxygens (including phenoxy) is 2. The number of aromatic nitrogens is 3. The van der Waals surface area contributed by atoms with Gasteiger partial charge in [-0.05, 0) is 30.3 Å². The number of amides is 1. The number of rotatable bonds is 6. The fraction of sp³-hybridized carbons (Fsp3) is 0.269. The molecule has 7 heteroatoms. The van der Waals surface area contributed by atoms with Crippen molar-refractivity contribution in [3.05, 3.63) is 83.8 Å². The van der Waals surface area contributed by atoms with Crippen LogP contribution in [0.4, 0.5) is 0 Å². The molecule has 4 aromatic rings. The molecule has 1 saturated heterocycles. The van der Waals surface area contributed by atoms with Crippen LogP contribution in [0.2, 0.25) is 0 Å². The van der Waals surface area contributed by atoms with E-state index in [1.165, 1.54) is 0 Å². The molecule has 0 bridgehead atoms. The molecule has 1 amide bonds. The van der Waals surface area contributed by atoms with E-state index >= 15 is 0 Å². The van der Waals surface area contributed by atoms with Crippen LogP contribution in [0.1, 0.15) is 28.0 Å². The molecule has 4 heterocycles. The zero-order valence-electron chi connectivity index (χ0n) is 18.2. The molecule has 0 radical (unpaired) electrons. The van der Waals surface area contributed by atoms with E-state index < -0.39 is 0 Å². The summed E-state index contributed by atoms with van der Waals surface area (Å²) < 4.78 is 13.6. The van der Waals surface area contributed by atoms with E-state index in [1.807, 2.05) is 64.3 Å². The first kappa shape index (κ1) is 19.9. The van der Waals surface area contributed by atoms with Crippen LogP contribution in [0.3, 0.4) is 0 Å². The van der Waals surface area contributed by atoms with E-state index in [2.05, 4.69) is 11.2 Å². The minimum atomic E-state index is 0.0426. The molecule has 1 unspecified atom stereocenters. The maximum Gasteiger partial charge on any atom is 0.254 e. The molecule has 33 heavy (non-hydrogen) atoms. The minimum absolute atomic E-state index is 0.0426. The van der Waals surface area contributed by atoms with E-state index in [4.69, 9.17) is 14.5 Å². The Balaban J connectivity index is 1.26. The highest BCUT2D eigenvalue weighted by molar-refractivity contribution is 5.99. The van der Waals surface area contributed by atoms with Crippen LogP contribution in [0, 0.1) is 0 Å². The van der Waals surface area contributed by atoms with Crippen LogP contribution >= 0.6 is 0 Å². The molecule has 0 aliphatic carbocycles. The summed E-state index contributed by atoms with van der Waals surface area (Å²) in [6.07, 6.45) is 5.18. The Morgan fingerprint density at radius 3 is 2.91 bits per heavy atom. The van der Waals surface area contributed by atoms with Crippen molar-refractivity contribution in [2.45, 2.75) is 25.5 Å². The lowest BCUT2D eigenvalue weighted by Crippen LogP contribution is -2.27. The summed E-state index contributed by atoms with van der Waals surface area (Å²) in [5, 5.41) is 5.39. The molecule has 2 aromatic carbocycles. The van der Waals surface area contributed by atoms with Gasteiger partial charge in [0.2, 0.25) is 0 Å². The smallest absolute Gasteiger partial charge is 0.254 e. The second-order valence-corrected chi connectivity index (χ2v) is 8.46. The first-order chi connectivity index (χ1) is 16.3. The van der Waals surface area contributed by atoms with Crippen LogP contribution < -0.4 is 4.74 Å². The summed E-state index contributed by atoms with van der Waals surface area (Å²) in [4.78, 5) is 19.9. The van der Waals surface area contributed by atoms with E-state index in [9.17, 15) is 4.79 Å². The third-order valence-electron chi connectivity index (χ3n) is 6.33. The molecule has 2 aromatic heterocycles. The molecule has 6 rings (SSSR count). The Labute approximate surface area is 191 Å². The molecular formula is C26H24N4O3. The molecule has 0 N–H and O–H groups in total. The molecule has 1 atom stereocenters. The average Bonchev–Trinajstić information content (AvgIpc) is 3.60. The van der Waals surface area contributed by atoms with Gasteiger partial charge < -0.3 is 14.4 Å². The van der Waals surface area contributed by atoms with Crippen LogP contribution in [0.25, 0.3) is 16.6 Å². The fourth-order valence-electron chi connectivity index (χ4n) is 4.62. The van der Waals surface area contributed by atoms with Gasteiger partial charge in [-0.15, -0.1) is 0 Å². The number of hydrogen-bond donors (Lipinski definition) is 0. The number of fused-ring (bicyclic) bond motifs is 2. The van der Waals surface area contributed by atoms with Gasteiger partial charge in [0.05, 0.1) is 30.1 Å². The van der Waals surface area contributed by atoms with Gasteiger partial charge in [0.1, 0.15) is 11.9 Å². The van der Waals surface area contributed by atoms with Crippen molar-refractivity contribution in [2.24, 2.45) is 0 Å². The quantitative estimate of drug-likeness (QED) is 0.456. The predicted molar refractivity (Wildman–Crippen MR) is 124 cm³/mol.